The summed E-state index contributed by atoms with van der Waals surface area (Å²) in [6.07, 6.45) is 6.48. The third-order valence-corrected chi connectivity index (χ3v) is 8.44. The van der Waals surface area contributed by atoms with E-state index >= 15 is 0 Å². The second-order valence-electron chi connectivity index (χ2n) is 12.2. The first-order chi connectivity index (χ1) is 28.4. The van der Waals surface area contributed by atoms with Gasteiger partial charge in [-0.3, -0.25) is 19.9 Å². The van der Waals surface area contributed by atoms with E-state index in [4.69, 9.17) is 14.2 Å². The number of rotatable bonds is 8. The molecule has 3 aromatic carbocycles. The normalized spacial score (nSPS) is 9.85. The summed E-state index contributed by atoms with van der Waals surface area (Å²) in [6, 6.07) is 46.8. The van der Waals surface area contributed by atoms with Crippen LogP contribution in [0.1, 0.15) is 31.1 Å². The van der Waals surface area contributed by atoms with E-state index in [0.717, 1.165) is 28.1 Å². The number of nitrogens with zero attached hydrogens (tertiary/aromatic N) is 5. The number of esters is 3. The first-order valence-electron chi connectivity index (χ1n) is 17.9. The number of aromatic nitrogens is 5. The van der Waals surface area contributed by atoms with E-state index in [2.05, 4.69) is 55.3 Å². The number of hydrogen-bond acceptors (Lipinski definition) is 11. The van der Waals surface area contributed by atoms with Crippen LogP contribution in [0.4, 0.5) is 0 Å². The molecule has 0 aliphatic heterocycles. The Morgan fingerprint density at radius 3 is 1.35 bits per heavy atom. The minimum absolute atomic E-state index is 0. The molecule has 300 valence electrons. The summed E-state index contributed by atoms with van der Waals surface area (Å²) in [6.45, 7) is 0. The maximum absolute atomic E-state index is 12.2. The van der Waals surface area contributed by atoms with Gasteiger partial charge in [0.15, 0.2) is 0 Å². The Morgan fingerprint density at radius 2 is 0.950 bits per heavy atom. The van der Waals surface area contributed by atoms with Gasteiger partial charge in [-0.2, -0.15) is 30.3 Å². The molecule has 0 N–H and O–H groups in total. The largest absolute Gasteiger partial charge is 2.00 e. The van der Waals surface area contributed by atoms with Gasteiger partial charge < -0.3 is 14.2 Å². The number of pyridine rings is 5. The molecule has 0 saturated carbocycles. The smallest absolute Gasteiger partial charge is 0.465 e. The van der Waals surface area contributed by atoms with Crippen molar-refractivity contribution in [2.75, 3.05) is 21.3 Å². The van der Waals surface area contributed by atoms with Crippen LogP contribution < -0.4 is 0 Å². The van der Waals surface area contributed by atoms with E-state index < -0.39 is 17.9 Å². The fraction of sp³-hybridized carbons (Fsp3) is 0.0638. The average molecular weight is 924 g/mol. The summed E-state index contributed by atoms with van der Waals surface area (Å²) in [4.78, 5) is 57.7. The summed E-state index contributed by atoms with van der Waals surface area (Å²) < 4.78 is 14.3. The van der Waals surface area contributed by atoms with Crippen LogP contribution in [0.15, 0.2) is 164 Å². The van der Waals surface area contributed by atoms with Gasteiger partial charge in [0.1, 0.15) is 0 Å². The molecule has 0 spiro atoms. The van der Waals surface area contributed by atoms with Gasteiger partial charge in [-0.05, 0) is 48.5 Å². The molecule has 0 aliphatic carbocycles. The summed E-state index contributed by atoms with van der Waals surface area (Å²) in [5.41, 5.74) is 8.18. The van der Waals surface area contributed by atoms with Crippen LogP contribution in [0, 0.1) is 6.07 Å². The van der Waals surface area contributed by atoms with Gasteiger partial charge in [0.05, 0.1) is 60.8 Å². The minimum Gasteiger partial charge on any atom is -0.465 e. The average Bonchev–Trinajstić information content (AvgIpc) is 4.08. The summed E-state index contributed by atoms with van der Waals surface area (Å²) in [7, 11) is 3.81. The van der Waals surface area contributed by atoms with Crippen LogP contribution in [0.2, 0.25) is 0 Å². The molecule has 11 nitrogen and oxygen atoms in total. The van der Waals surface area contributed by atoms with Gasteiger partial charge >= 0.3 is 54.5 Å². The van der Waals surface area contributed by atoms with Gasteiger partial charge in [0.2, 0.25) is 0 Å². The molecule has 0 saturated heterocycles. The summed E-state index contributed by atoms with van der Waals surface area (Å²) >= 11 is 0. The number of ether oxygens (including phenoxy) is 3. The molecule has 0 radical (unpaired) electrons. The SMILES string of the molecule is COC(=O)c1ccnc(-c2cc(C(=O)OC)cc(-c3cc(C(=O)OC)ccn3)n2)c1.[Fe+2].[Ru+2].[c-]1c(-c2ccccn2)cc(-[c-]2cccc2)cc1-c1ccccn1.c1cc[cH-]c1. The first-order valence-corrected chi connectivity index (χ1v) is 17.9. The van der Waals surface area contributed by atoms with Gasteiger partial charge in [-0.25, -0.2) is 31.5 Å². The number of carbonyl (C=O) groups is 3. The van der Waals surface area contributed by atoms with Crippen LogP contribution in [-0.2, 0) is 50.8 Å². The molecule has 8 aromatic rings. The topological polar surface area (TPSA) is 143 Å². The molecule has 13 heteroatoms. The molecular weight excluding hydrogens is 887 g/mol. The van der Waals surface area contributed by atoms with Crippen molar-refractivity contribution in [3.8, 4) is 56.4 Å². The predicted molar refractivity (Wildman–Crippen MR) is 220 cm³/mol. The molecule has 8 rings (SSSR count). The summed E-state index contributed by atoms with van der Waals surface area (Å²) in [5.74, 6) is -1.65. The van der Waals surface area contributed by atoms with E-state index in [1.165, 1.54) is 75.7 Å². The summed E-state index contributed by atoms with van der Waals surface area (Å²) in [5, 5.41) is 0. The fourth-order valence-electron chi connectivity index (χ4n) is 5.60. The zero-order valence-corrected chi connectivity index (χ0v) is 35.3. The monoisotopic (exact) mass is 924 g/mol. The maximum Gasteiger partial charge on any atom is 2.00 e. The molecule has 5 heterocycles. The number of carbonyl (C=O) groups excluding carboxylic acids is 3. The Kier molecular flexibility index (Phi) is 17.6. The van der Waals surface area contributed by atoms with Crippen LogP contribution >= 0.6 is 0 Å². The molecule has 5 aromatic heterocycles. The molecule has 0 amide bonds. The van der Waals surface area contributed by atoms with Crippen LogP contribution in [-0.4, -0.2) is 64.2 Å². The van der Waals surface area contributed by atoms with Crippen LogP contribution in [0.5, 0.6) is 0 Å². The van der Waals surface area contributed by atoms with E-state index in [-0.39, 0.29) is 53.2 Å². The second kappa shape index (κ2) is 23.0. The van der Waals surface area contributed by atoms with E-state index in [1.807, 2.05) is 78.9 Å². The number of methoxy groups -OCH3 is 3. The molecule has 0 fully saturated rings. The van der Waals surface area contributed by atoms with Gasteiger partial charge in [0, 0.05) is 36.2 Å². The van der Waals surface area contributed by atoms with Crippen molar-refractivity contribution >= 4 is 17.9 Å². The Bertz CT molecular complexity index is 2440. The van der Waals surface area contributed by atoms with Gasteiger partial charge in [-0.1, -0.05) is 41.0 Å². The molecule has 0 unspecified atom stereocenters. The number of hydrogen-bond donors (Lipinski definition) is 0. The zero-order valence-electron chi connectivity index (χ0n) is 32.5. The van der Waals surface area contributed by atoms with Crippen LogP contribution in [0.3, 0.4) is 0 Å². The second-order valence-corrected chi connectivity index (χ2v) is 12.2. The molecule has 0 aliphatic rings. The van der Waals surface area contributed by atoms with Crippen molar-refractivity contribution in [2.45, 2.75) is 0 Å². The van der Waals surface area contributed by atoms with E-state index in [9.17, 15) is 14.4 Å². The Hall–Kier alpha value is -6.78. The molecule has 0 atom stereocenters. The third-order valence-electron chi connectivity index (χ3n) is 8.44. The standard InChI is InChI=1S/C21H17N3O6.C21H14N2.C5H5.Fe.Ru/c1-28-19(25)12-4-6-22-15(8-12)17-10-14(21(27)30-3)11-18(24-17)16-9-13(5-7-23-16)20(26)29-2;1-2-8-16(7-1)17-13-18(20-9-3-5-11-22-20)15-19(14-17)21-10-4-6-12-23-21;1-2-4-5-3-1;;/h4-11H,1-3H3;1-14H;1-5H;;/q;-2;-1;2*+2. The van der Waals surface area contributed by atoms with Crippen molar-refractivity contribution in [1.29, 1.82) is 0 Å². The van der Waals surface area contributed by atoms with E-state index in [0.29, 0.717) is 22.8 Å². The van der Waals surface area contributed by atoms with Gasteiger partial charge in [-0.15, -0.1) is 35.9 Å². The molecule has 0 bridgehead atoms. The zero-order chi connectivity index (χ0) is 40.7. The van der Waals surface area contributed by atoms with Gasteiger partial charge in [0.25, 0.3) is 0 Å². The molecular formula is C47H36FeN5O6Ru+. The Morgan fingerprint density at radius 1 is 0.517 bits per heavy atom. The first kappa shape index (κ1) is 45.9. The fourth-order valence-corrected chi connectivity index (χ4v) is 5.60. The third kappa shape index (κ3) is 12.1. The van der Waals surface area contributed by atoms with Crippen molar-refractivity contribution in [3.05, 3.63) is 187 Å². The quantitative estimate of drug-likeness (QED) is 0.0624. The predicted octanol–water partition coefficient (Wildman–Crippen LogP) is 8.96. The Balaban J connectivity index is 0.000000234. The van der Waals surface area contributed by atoms with Crippen molar-refractivity contribution < 1.29 is 65.1 Å². The van der Waals surface area contributed by atoms with Crippen molar-refractivity contribution in [1.82, 2.24) is 24.9 Å². The van der Waals surface area contributed by atoms with Crippen molar-refractivity contribution in [2.24, 2.45) is 0 Å². The van der Waals surface area contributed by atoms with Crippen LogP contribution in [0.25, 0.3) is 56.4 Å². The number of benzene rings is 1. The maximum atomic E-state index is 12.2. The van der Waals surface area contributed by atoms with Crippen molar-refractivity contribution in [3.63, 3.8) is 0 Å². The minimum atomic E-state index is -0.590. The Labute approximate surface area is 370 Å². The molecule has 60 heavy (non-hydrogen) atoms. The van der Waals surface area contributed by atoms with E-state index in [1.54, 1.807) is 12.4 Å².